The molecule has 0 amide bonds. The van der Waals surface area contributed by atoms with Crippen molar-refractivity contribution in [2.45, 2.75) is 34.1 Å². The first kappa shape index (κ1) is 14.8. The van der Waals surface area contributed by atoms with E-state index >= 15 is 0 Å². The van der Waals surface area contributed by atoms with Gasteiger partial charge in [-0.25, -0.2) is 4.98 Å². The van der Waals surface area contributed by atoms with E-state index in [4.69, 9.17) is 9.47 Å². The molecular weight excluding hydrogens is 246 g/mol. The number of methoxy groups -OCH3 is 1. The van der Waals surface area contributed by atoms with Gasteiger partial charge in [0.2, 0.25) is 0 Å². The van der Waals surface area contributed by atoms with Crippen molar-refractivity contribution in [2.75, 3.05) is 13.7 Å². The molecule has 0 aliphatic heterocycles. The Labute approximate surface area is 113 Å². The molecule has 0 bridgehead atoms. The number of benzene rings is 1. The van der Waals surface area contributed by atoms with E-state index in [1.807, 2.05) is 32.9 Å². The second-order valence-corrected chi connectivity index (χ2v) is 4.79. The molecule has 1 aromatic heterocycles. The molecule has 2 aromatic rings. The highest BCUT2D eigenvalue weighted by molar-refractivity contribution is 7.18. The molecule has 0 aliphatic rings. The van der Waals surface area contributed by atoms with E-state index in [-0.39, 0.29) is 0 Å². The molecule has 18 heavy (non-hydrogen) atoms. The molecule has 2 rings (SSSR count). The van der Waals surface area contributed by atoms with E-state index in [0.717, 1.165) is 33.1 Å². The van der Waals surface area contributed by atoms with Gasteiger partial charge in [-0.2, -0.15) is 0 Å². The van der Waals surface area contributed by atoms with E-state index in [2.05, 4.69) is 11.9 Å². The smallest absolute Gasteiger partial charge is 0.150 e. The third-order valence-electron chi connectivity index (χ3n) is 2.24. The number of hydrogen-bond donors (Lipinski definition) is 0. The van der Waals surface area contributed by atoms with Crippen LogP contribution in [0.1, 0.15) is 32.2 Å². The average molecular weight is 267 g/mol. The van der Waals surface area contributed by atoms with Crippen LogP contribution in [0, 0.1) is 6.92 Å². The molecular formula is C14H21NO2S. The van der Waals surface area contributed by atoms with Crippen LogP contribution in [0.2, 0.25) is 0 Å². The number of hydrogen-bond acceptors (Lipinski definition) is 4. The molecule has 0 saturated carbocycles. The van der Waals surface area contributed by atoms with Crippen LogP contribution in [0.4, 0.5) is 0 Å². The lowest BCUT2D eigenvalue weighted by molar-refractivity contribution is 0.318. The Morgan fingerprint density at radius 1 is 1.28 bits per heavy atom. The molecule has 0 atom stereocenters. The van der Waals surface area contributed by atoms with Crippen molar-refractivity contribution in [2.24, 2.45) is 0 Å². The predicted octanol–water partition coefficient (Wildman–Crippen LogP) is 4.43. The second-order valence-electron chi connectivity index (χ2n) is 3.55. The van der Waals surface area contributed by atoms with Crippen LogP contribution in [0.15, 0.2) is 12.1 Å². The van der Waals surface area contributed by atoms with Gasteiger partial charge in [0.1, 0.15) is 17.0 Å². The van der Waals surface area contributed by atoms with Gasteiger partial charge in [0.15, 0.2) is 0 Å². The van der Waals surface area contributed by atoms with Crippen LogP contribution < -0.4 is 9.47 Å². The number of fused-ring (bicyclic) bond motifs is 1. The number of aromatic nitrogens is 1. The fraction of sp³-hybridized carbons (Fsp3) is 0.500. The minimum absolute atomic E-state index is 0.707. The van der Waals surface area contributed by atoms with E-state index in [1.165, 1.54) is 0 Å². The van der Waals surface area contributed by atoms with E-state index in [0.29, 0.717) is 6.61 Å². The maximum Gasteiger partial charge on any atom is 0.150 e. The van der Waals surface area contributed by atoms with Crippen molar-refractivity contribution < 1.29 is 9.47 Å². The number of nitrogens with zero attached hydrogens (tertiary/aromatic N) is 1. The first-order chi connectivity index (χ1) is 8.74. The SMILES string of the molecule is CC.CCCOc1cc(OC)cc2sc(C)nc12. The summed E-state index contributed by atoms with van der Waals surface area (Å²) in [5.74, 6) is 1.64. The van der Waals surface area contributed by atoms with Gasteiger partial charge in [-0.3, -0.25) is 0 Å². The maximum absolute atomic E-state index is 5.69. The zero-order valence-corrected chi connectivity index (χ0v) is 12.6. The van der Waals surface area contributed by atoms with Crippen LogP contribution in [-0.4, -0.2) is 18.7 Å². The Hall–Kier alpha value is -1.29. The van der Waals surface area contributed by atoms with Crippen molar-refractivity contribution >= 4 is 21.6 Å². The molecule has 0 aliphatic carbocycles. The molecule has 0 N–H and O–H groups in total. The highest BCUT2D eigenvalue weighted by Gasteiger charge is 2.10. The van der Waals surface area contributed by atoms with Crippen LogP contribution in [0.5, 0.6) is 11.5 Å². The quantitative estimate of drug-likeness (QED) is 0.821. The first-order valence-electron chi connectivity index (χ1n) is 6.32. The zero-order valence-electron chi connectivity index (χ0n) is 11.7. The third-order valence-corrected chi connectivity index (χ3v) is 3.16. The summed E-state index contributed by atoms with van der Waals surface area (Å²) in [6.45, 7) is 8.79. The summed E-state index contributed by atoms with van der Waals surface area (Å²) in [5, 5.41) is 1.05. The Morgan fingerprint density at radius 2 is 2.00 bits per heavy atom. The summed E-state index contributed by atoms with van der Waals surface area (Å²) < 4.78 is 12.1. The van der Waals surface area contributed by atoms with Gasteiger partial charge < -0.3 is 9.47 Å². The molecule has 0 saturated heterocycles. The van der Waals surface area contributed by atoms with Crippen LogP contribution in [0.25, 0.3) is 10.2 Å². The fourth-order valence-electron chi connectivity index (χ4n) is 1.53. The molecule has 3 nitrogen and oxygen atoms in total. The van der Waals surface area contributed by atoms with Gasteiger partial charge >= 0.3 is 0 Å². The summed E-state index contributed by atoms with van der Waals surface area (Å²) in [7, 11) is 1.67. The van der Waals surface area contributed by atoms with Crippen molar-refractivity contribution in [3.8, 4) is 11.5 Å². The lowest BCUT2D eigenvalue weighted by atomic mass is 10.3. The molecule has 0 fully saturated rings. The number of rotatable bonds is 4. The Bertz CT molecular complexity index is 494. The normalized spacial score (nSPS) is 9.83. The van der Waals surface area contributed by atoms with Crippen LogP contribution in [0.3, 0.4) is 0 Å². The standard InChI is InChI=1S/C12H15NO2S.C2H6/c1-4-5-15-10-6-9(14-3)7-11-12(10)13-8(2)16-11;1-2/h6-7H,4-5H2,1-3H3;1-2H3. The predicted molar refractivity (Wildman–Crippen MR) is 78.0 cm³/mol. The van der Waals surface area contributed by atoms with E-state index in [9.17, 15) is 0 Å². The molecule has 1 heterocycles. The number of ether oxygens (including phenoxy) is 2. The van der Waals surface area contributed by atoms with Crippen molar-refractivity contribution in [1.29, 1.82) is 0 Å². The van der Waals surface area contributed by atoms with Gasteiger partial charge in [-0.1, -0.05) is 20.8 Å². The van der Waals surface area contributed by atoms with Gasteiger partial charge in [-0.05, 0) is 19.4 Å². The van der Waals surface area contributed by atoms with Crippen molar-refractivity contribution in [3.63, 3.8) is 0 Å². The van der Waals surface area contributed by atoms with Crippen molar-refractivity contribution in [1.82, 2.24) is 4.98 Å². The molecule has 100 valence electrons. The minimum Gasteiger partial charge on any atom is -0.497 e. The molecule has 0 unspecified atom stereocenters. The second kappa shape index (κ2) is 7.21. The van der Waals surface area contributed by atoms with Gasteiger partial charge in [0, 0.05) is 6.07 Å². The van der Waals surface area contributed by atoms with E-state index in [1.54, 1.807) is 18.4 Å². The summed E-state index contributed by atoms with van der Waals surface area (Å²) in [6.07, 6.45) is 0.988. The summed E-state index contributed by atoms with van der Waals surface area (Å²) in [4.78, 5) is 4.48. The molecule has 0 radical (unpaired) electrons. The number of aryl methyl sites for hydroxylation is 1. The van der Waals surface area contributed by atoms with Crippen LogP contribution >= 0.6 is 11.3 Å². The minimum atomic E-state index is 0.707. The average Bonchev–Trinajstić information content (AvgIpc) is 2.78. The van der Waals surface area contributed by atoms with E-state index < -0.39 is 0 Å². The van der Waals surface area contributed by atoms with Gasteiger partial charge in [-0.15, -0.1) is 11.3 Å². The largest absolute Gasteiger partial charge is 0.497 e. The highest BCUT2D eigenvalue weighted by Crippen LogP contribution is 2.34. The molecule has 4 heteroatoms. The van der Waals surface area contributed by atoms with Crippen molar-refractivity contribution in [3.05, 3.63) is 17.1 Å². The summed E-state index contributed by atoms with van der Waals surface area (Å²) in [5.41, 5.74) is 0.941. The Kier molecular flexibility index (Phi) is 5.92. The van der Waals surface area contributed by atoms with Crippen LogP contribution in [-0.2, 0) is 0 Å². The third kappa shape index (κ3) is 3.35. The highest BCUT2D eigenvalue weighted by atomic mass is 32.1. The topological polar surface area (TPSA) is 31.4 Å². The summed E-state index contributed by atoms with van der Waals surface area (Å²) in [6, 6.07) is 3.90. The fourth-order valence-corrected chi connectivity index (χ4v) is 2.40. The number of thiazole rings is 1. The van der Waals surface area contributed by atoms with Gasteiger partial charge in [0.05, 0.1) is 23.4 Å². The molecule has 1 aromatic carbocycles. The first-order valence-corrected chi connectivity index (χ1v) is 7.14. The lowest BCUT2D eigenvalue weighted by Gasteiger charge is -2.07. The Balaban J connectivity index is 0.000000771. The molecule has 0 spiro atoms. The van der Waals surface area contributed by atoms with Gasteiger partial charge in [0.25, 0.3) is 0 Å². The zero-order chi connectivity index (χ0) is 13.5. The summed E-state index contributed by atoms with van der Waals surface area (Å²) >= 11 is 1.66. The maximum atomic E-state index is 5.69. The Morgan fingerprint density at radius 3 is 2.61 bits per heavy atom. The monoisotopic (exact) mass is 267 g/mol. The lowest BCUT2D eigenvalue weighted by Crippen LogP contribution is -1.96.